The lowest BCUT2D eigenvalue weighted by Crippen LogP contribution is -2.23. The molecule has 0 bridgehead atoms. The SMILES string of the molecule is CCC1CC(C(=O)OC)=C(C)N1C. The predicted molar refractivity (Wildman–Crippen MR) is 51.2 cm³/mol. The van der Waals surface area contributed by atoms with Crippen LogP contribution in [-0.4, -0.2) is 31.1 Å². The van der Waals surface area contributed by atoms with Gasteiger partial charge in [0.1, 0.15) is 0 Å². The molecule has 1 rings (SSSR count). The van der Waals surface area contributed by atoms with Crippen molar-refractivity contribution in [3.8, 4) is 0 Å². The molecule has 0 aromatic rings. The van der Waals surface area contributed by atoms with E-state index in [-0.39, 0.29) is 5.97 Å². The lowest BCUT2D eigenvalue weighted by atomic mass is 10.1. The number of ether oxygens (including phenoxy) is 1. The first-order chi connectivity index (χ1) is 6.11. The van der Waals surface area contributed by atoms with Gasteiger partial charge in [-0.05, 0) is 13.3 Å². The van der Waals surface area contributed by atoms with Gasteiger partial charge in [0.05, 0.1) is 12.7 Å². The van der Waals surface area contributed by atoms with E-state index in [1.165, 1.54) is 7.11 Å². The summed E-state index contributed by atoms with van der Waals surface area (Å²) < 4.78 is 4.72. The van der Waals surface area contributed by atoms with E-state index >= 15 is 0 Å². The smallest absolute Gasteiger partial charge is 0.335 e. The minimum atomic E-state index is -0.180. The zero-order valence-electron chi connectivity index (χ0n) is 8.76. The van der Waals surface area contributed by atoms with Gasteiger partial charge in [-0.25, -0.2) is 4.79 Å². The summed E-state index contributed by atoms with van der Waals surface area (Å²) in [5.74, 6) is -0.180. The summed E-state index contributed by atoms with van der Waals surface area (Å²) in [5.41, 5.74) is 1.88. The summed E-state index contributed by atoms with van der Waals surface area (Å²) in [5, 5.41) is 0. The first-order valence-corrected chi connectivity index (χ1v) is 4.62. The van der Waals surface area contributed by atoms with Crippen molar-refractivity contribution >= 4 is 5.97 Å². The highest BCUT2D eigenvalue weighted by Crippen LogP contribution is 2.28. The number of allylic oxidation sites excluding steroid dienone is 1. The number of nitrogens with zero attached hydrogens (tertiary/aromatic N) is 1. The van der Waals surface area contributed by atoms with Crippen LogP contribution in [0.5, 0.6) is 0 Å². The molecule has 1 heterocycles. The van der Waals surface area contributed by atoms with Crippen molar-refractivity contribution in [2.24, 2.45) is 0 Å². The molecule has 1 unspecified atom stereocenters. The fourth-order valence-corrected chi connectivity index (χ4v) is 1.78. The van der Waals surface area contributed by atoms with Gasteiger partial charge in [0.2, 0.25) is 0 Å². The normalized spacial score (nSPS) is 22.5. The first-order valence-electron chi connectivity index (χ1n) is 4.62. The topological polar surface area (TPSA) is 29.5 Å². The summed E-state index contributed by atoms with van der Waals surface area (Å²) in [6, 6.07) is 0.467. The Bertz CT molecular complexity index is 245. The highest BCUT2D eigenvalue weighted by Gasteiger charge is 2.29. The standard InChI is InChI=1S/C10H17NO2/c1-5-8-6-9(10(12)13-4)7(2)11(8)3/h8H,5-6H2,1-4H3. The summed E-state index contributed by atoms with van der Waals surface area (Å²) in [4.78, 5) is 13.5. The molecule has 74 valence electrons. The minimum Gasteiger partial charge on any atom is -0.466 e. The number of esters is 1. The molecule has 0 saturated heterocycles. The van der Waals surface area contributed by atoms with E-state index in [4.69, 9.17) is 4.74 Å². The minimum absolute atomic E-state index is 0.180. The van der Waals surface area contributed by atoms with Crippen molar-refractivity contribution in [2.75, 3.05) is 14.2 Å². The maximum Gasteiger partial charge on any atom is 0.335 e. The van der Waals surface area contributed by atoms with Gasteiger partial charge < -0.3 is 9.64 Å². The summed E-state index contributed by atoms with van der Waals surface area (Å²) in [6.07, 6.45) is 1.89. The lowest BCUT2D eigenvalue weighted by Gasteiger charge is -2.21. The molecule has 1 aliphatic rings. The Kier molecular flexibility index (Phi) is 2.96. The molecule has 3 nitrogen and oxygen atoms in total. The second-order valence-electron chi connectivity index (χ2n) is 3.43. The quantitative estimate of drug-likeness (QED) is 0.608. The molecule has 0 radical (unpaired) electrons. The maximum absolute atomic E-state index is 11.3. The van der Waals surface area contributed by atoms with E-state index in [2.05, 4.69) is 11.8 Å². The second-order valence-corrected chi connectivity index (χ2v) is 3.43. The van der Waals surface area contributed by atoms with Crippen LogP contribution in [0.3, 0.4) is 0 Å². The molecule has 0 aromatic heterocycles. The Morgan fingerprint density at radius 1 is 1.69 bits per heavy atom. The Labute approximate surface area is 79.4 Å². The van der Waals surface area contributed by atoms with Crippen LogP contribution < -0.4 is 0 Å². The van der Waals surface area contributed by atoms with Gasteiger partial charge in [-0.3, -0.25) is 0 Å². The summed E-state index contributed by atoms with van der Waals surface area (Å²) in [7, 11) is 3.46. The molecule has 0 saturated carbocycles. The summed E-state index contributed by atoms with van der Waals surface area (Å²) >= 11 is 0. The van der Waals surface area contributed by atoms with E-state index < -0.39 is 0 Å². The van der Waals surface area contributed by atoms with E-state index in [0.717, 1.165) is 24.1 Å². The Balaban J connectivity index is 2.81. The molecule has 0 aromatic carbocycles. The molecular weight excluding hydrogens is 166 g/mol. The molecule has 3 heteroatoms. The van der Waals surface area contributed by atoms with Crippen LogP contribution in [0.4, 0.5) is 0 Å². The second kappa shape index (κ2) is 3.81. The van der Waals surface area contributed by atoms with E-state index in [1.54, 1.807) is 0 Å². The molecule has 13 heavy (non-hydrogen) atoms. The number of carbonyl (C=O) groups excluding carboxylic acids is 1. The maximum atomic E-state index is 11.3. The van der Waals surface area contributed by atoms with Crippen LogP contribution in [0.15, 0.2) is 11.3 Å². The number of hydrogen-bond donors (Lipinski definition) is 0. The zero-order chi connectivity index (χ0) is 10.0. The van der Waals surface area contributed by atoms with Gasteiger partial charge in [-0.2, -0.15) is 0 Å². The van der Waals surface area contributed by atoms with Crippen molar-refractivity contribution < 1.29 is 9.53 Å². The van der Waals surface area contributed by atoms with E-state index in [1.807, 2.05) is 14.0 Å². The largest absolute Gasteiger partial charge is 0.466 e. The number of hydrogen-bond acceptors (Lipinski definition) is 3. The molecular formula is C10H17NO2. The zero-order valence-corrected chi connectivity index (χ0v) is 8.76. The fourth-order valence-electron chi connectivity index (χ4n) is 1.78. The molecule has 0 fully saturated rings. The number of carbonyl (C=O) groups is 1. The third kappa shape index (κ3) is 1.69. The monoisotopic (exact) mass is 183 g/mol. The van der Waals surface area contributed by atoms with Gasteiger partial charge in [-0.15, -0.1) is 0 Å². The highest BCUT2D eigenvalue weighted by molar-refractivity contribution is 5.89. The Morgan fingerprint density at radius 2 is 2.31 bits per heavy atom. The Morgan fingerprint density at radius 3 is 2.69 bits per heavy atom. The molecule has 1 atom stereocenters. The van der Waals surface area contributed by atoms with Crippen LogP contribution in [0.2, 0.25) is 0 Å². The van der Waals surface area contributed by atoms with Crippen molar-refractivity contribution in [3.63, 3.8) is 0 Å². The molecule has 0 amide bonds. The highest BCUT2D eigenvalue weighted by atomic mass is 16.5. The van der Waals surface area contributed by atoms with Crippen molar-refractivity contribution in [1.82, 2.24) is 4.90 Å². The third-order valence-electron chi connectivity index (χ3n) is 2.86. The van der Waals surface area contributed by atoms with Gasteiger partial charge in [-0.1, -0.05) is 6.92 Å². The van der Waals surface area contributed by atoms with Gasteiger partial charge in [0.15, 0.2) is 0 Å². The van der Waals surface area contributed by atoms with Gasteiger partial charge in [0.25, 0.3) is 0 Å². The number of rotatable bonds is 2. The third-order valence-corrected chi connectivity index (χ3v) is 2.86. The van der Waals surface area contributed by atoms with E-state index in [9.17, 15) is 4.79 Å². The van der Waals surface area contributed by atoms with Crippen LogP contribution in [0, 0.1) is 0 Å². The van der Waals surface area contributed by atoms with Gasteiger partial charge >= 0.3 is 5.97 Å². The number of methoxy groups -OCH3 is 1. The molecule has 0 aliphatic carbocycles. The van der Waals surface area contributed by atoms with E-state index in [0.29, 0.717) is 6.04 Å². The molecule has 0 N–H and O–H groups in total. The first kappa shape index (κ1) is 10.1. The van der Waals surface area contributed by atoms with Crippen molar-refractivity contribution in [2.45, 2.75) is 32.7 Å². The predicted octanol–water partition coefficient (Wildman–Crippen LogP) is 1.55. The van der Waals surface area contributed by atoms with Gasteiger partial charge in [0, 0.05) is 25.2 Å². The molecule has 1 aliphatic heterocycles. The van der Waals surface area contributed by atoms with Crippen LogP contribution in [0.1, 0.15) is 26.7 Å². The van der Waals surface area contributed by atoms with Crippen molar-refractivity contribution in [1.29, 1.82) is 0 Å². The molecule has 0 spiro atoms. The fraction of sp³-hybridized carbons (Fsp3) is 0.700. The van der Waals surface area contributed by atoms with Crippen molar-refractivity contribution in [3.05, 3.63) is 11.3 Å². The van der Waals surface area contributed by atoms with Crippen LogP contribution in [0.25, 0.3) is 0 Å². The lowest BCUT2D eigenvalue weighted by molar-refractivity contribution is -0.136. The van der Waals surface area contributed by atoms with Crippen LogP contribution in [-0.2, 0) is 9.53 Å². The van der Waals surface area contributed by atoms with Crippen LogP contribution >= 0.6 is 0 Å². The summed E-state index contributed by atoms with van der Waals surface area (Å²) in [6.45, 7) is 4.11. The Hall–Kier alpha value is -0.990. The average molecular weight is 183 g/mol. The average Bonchev–Trinajstić information content (AvgIpc) is 2.43.